The normalized spacial score (nSPS) is 21.8. The number of hydrogen-bond donors (Lipinski definition) is 1. The number of anilines is 1. The molecular formula is C19H21ClN2O5. The number of amides is 3. The molecule has 7 nitrogen and oxygen atoms in total. The smallest absolute Gasteiger partial charge is 0.326 e. The number of ether oxygens (including phenoxy) is 1. The number of carbonyl (C=O) groups is 4. The average Bonchev–Trinajstić information content (AvgIpc) is 2.88. The summed E-state index contributed by atoms with van der Waals surface area (Å²) in [5, 5.41) is 3.08. The number of halogens is 1. The number of carbonyl (C=O) groups excluding carboxylic acids is 4. The van der Waals surface area contributed by atoms with Crippen LogP contribution in [0, 0.1) is 18.8 Å². The fraction of sp³-hybridized carbons (Fsp3) is 0.474. The second-order valence-corrected chi connectivity index (χ2v) is 7.36. The van der Waals surface area contributed by atoms with Crippen LogP contribution in [0.3, 0.4) is 0 Å². The molecule has 2 aliphatic rings. The lowest BCUT2D eigenvalue weighted by molar-refractivity contribution is -0.154. The third-order valence-electron chi connectivity index (χ3n) is 5.06. The third-order valence-corrected chi connectivity index (χ3v) is 5.29. The Bertz CT molecular complexity index is 770. The van der Waals surface area contributed by atoms with Gasteiger partial charge in [0.25, 0.3) is 5.91 Å². The van der Waals surface area contributed by atoms with Gasteiger partial charge < -0.3 is 10.1 Å². The van der Waals surface area contributed by atoms with Crippen LogP contribution < -0.4 is 5.32 Å². The maximum atomic E-state index is 12.3. The number of benzene rings is 1. The number of esters is 1. The molecule has 2 fully saturated rings. The molecule has 1 heterocycles. The molecule has 8 heteroatoms. The first-order valence-electron chi connectivity index (χ1n) is 8.93. The van der Waals surface area contributed by atoms with Gasteiger partial charge in [-0.15, -0.1) is 0 Å². The maximum Gasteiger partial charge on any atom is 0.326 e. The number of nitrogens with one attached hydrogen (secondary N) is 1. The van der Waals surface area contributed by atoms with Crippen LogP contribution in [-0.4, -0.2) is 41.7 Å². The Morgan fingerprint density at radius 3 is 2.44 bits per heavy atom. The summed E-state index contributed by atoms with van der Waals surface area (Å²) in [5.74, 6) is -2.54. The highest BCUT2D eigenvalue weighted by Crippen LogP contribution is 2.37. The largest absolute Gasteiger partial charge is 0.454 e. The molecule has 1 saturated carbocycles. The van der Waals surface area contributed by atoms with Crippen molar-refractivity contribution in [1.29, 1.82) is 0 Å². The molecule has 0 bridgehead atoms. The van der Waals surface area contributed by atoms with Crippen LogP contribution in [0.15, 0.2) is 18.2 Å². The van der Waals surface area contributed by atoms with E-state index in [4.69, 9.17) is 16.3 Å². The first-order valence-corrected chi connectivity index (χ1v) is 9.31. The predicted molar refractivity (Wildman–Crippen MR) is 97.9 cm³/mol. The van der Waals surface area contributed by atoms with Crippen molar-refractivity contribution >= 4 is 41.0 Å². The summed E-state index contributed by atoms with van der Waals surface area (Å²) in [4.78, 5) is 49.6. The van der Waals surface area contributed by atoms with Crippen LogP contribution in [-0.2, 0) is 23.9 Å². The first-order chi connectivity index (χ1) is 12.9. The zero-order valence-corrected chi connectivity index (χ0v) is 15.8. The second kappa shape index (κ2) is 8.08. The van der Waals surface area contributed by atoms with Gasteiger partial charge in [0.2, 0.25) is 11.8 Å². The highest BCUT2D eigenvalue weighted by atomic mass is 35.5. The molecule has 3 amide bonds. The second-order valence-electron chi connectivity index (χ2n) is 6.93. The quantitative estimate of drug-likeness (QED) is 0.613. The Kier molecular flexibility index (Phi) is 5.79. The van der Waals surface area contributed by atoms with Crippen molar-refractivity contribution in [2.24, 2.45) is 11.8 Å². The van der Waals surface area contributed by atoms with Crippen LogP contribution >= 0.6 is 11.6 Å². The van der Waals surface area contributed by atoms with E-state index < -0.39 is 25.0 Å². The van der Waals surface area contributed by atoms with Gasteiger partial charge in [-0.25, -0.2) is 0 Å². The summed E-state index contributed by atoms with van der Waals surface area (Å²) in [6, 6.07) is 5.06. The maximum absolute atomic E-state index is 12.3. The van der Waals surface area contributed by atoms with E-state index in [1.807, 2.05) is 6.92 Å². The minimum atomic E-state index is -0.784. The number of likely N-dealkylation sites (tertiary alicyclic amines) is 1. The van der Waals surface area contributed by atoms with Crippen LogP contribution in [0.25, 0.3) is 0 Å². The van der Waals surface area contributed by atoms with E-state index in [1.165, 1.54) is 0 Å². The van der Waals surface area contributed by atoms with Gasteiger partial charge in [-0.2, -0.15) is 0 Å². The summed E-state index contributed by atoms with van der Waals surface area (Å²) in [5.41, 5.74) is 1.34. The molecule has 1 aliphatic heterocycles. The zero-order chi connectivity index (χ0) is 19.6. The summed E-state index contributed by atoms with van der Waals surface area (Å²) < 4.78 is 4.93. The Morgan fingerprint density at radius 2 is 1.81 bits per heavy atom. The van der Waals surface area contributed by atoms with Gasteiger partial charge in [0.1, 0.15) is 6.54 Å². The Balaban J connectivity index is 1.51. The van der Waals surface area contributed by atoms with Crippen molar-refractivity contribution in [2.45, 2.75) is 32.6 Å². The lowest BCUT2D eigenvalue weighted by Gasteiger charge is -2.19. The monoisotopic (exact) mass is 392 g/mol. The average molecular weight is 393 g/mol. The van der Waals surface area contributed by atoms with E-state index in [9.17, 15) is 19.2 Å². The molecule has 27 heavy (non-hydrogen) atoms. The highest BCUT2D eigenvalue weighted by Gasteiger charge is 2.48. The van der Waals surface area contributed by atoms with Crippen molar-refractivity contribution in [3.8, 4) is 0 Å². The van der Waals surface area contributed by atoms with Crippen molar-refractivity contribution in [2.75, 3.05) is 18.5 Å². The molecule has 1 aromatic carbocycles. The molecule has 1 aromatic rings. The summed E-state index contributed by atoms with van der Waals surface area (Å²) in [6.45, 7) is 0.851. The van der Waals surface area contributed by atoms with Crippen LogP contribution in [0.4, 0.5) is 5.69 Å². The Hall–Kier alpha value is -2.41. The van der Waals surface area contributed by atoms with Crippen LogP contribution in [0.2, 0.25) is 5.02 Å². The zero-order valence-electron chi connectivity index (χ0n) is 15.0. The van der Waals surface area contributed by atoms with Crippen LogP contribution in [0.1, 0.15) is 31.2 Å². The minimum absolute atomic E-state index is 0.305. The molecule has 3 rings (SSSR count). The summed E-state index contributed by atoms with van der Waals surface area (Å²) in [7, 11) is 0. The SMILES string of the molecule is Cc1ccc(Cl)cc1NC(=O)COC(=O)CN1C(=O)[C@@H]2CCCC[C@H]2C1=O. The molecule has 0 spiro atoms. The molecular weight excluding hydrogens is 372 g/mol. The molecule has 1 saturated heterocycles. The Labute approximate surface area is 162 Å². The highest BCUT2D eigenvalue weighted by molar-refractivity contribution is 6.31. The molecule has 144 valence electrons. The van der Waals surface area contributed by atoms with Gasteiger partial charge in [-0.3, -0.25) is 24.1 Å². The molecule has 0 radical (unpaired) electrons. The molecule has 0 aromatic heterocycles. The van der Waals surface area contributed by atoms with Gasteiger partial charge in [0, 0.05) is 10.7 Å². The minimum Gasteiger partial charge on any atom is -0.454 e. The van der Waals surface area contributed by atoms with Gasteiger partial charge in [-0.05, 0) is 37.5 Å². The van der Waals surface area contributed by atoms with E-state index in [0.717, 1.165) is 23.3 Å². The van der Waals surface area contributed by atoms with E-state index in [-0.39, 0.29) is 23.7 Å². The molecule has 1 N–H and O–H groups in total. The standard InChI is InChI=1S/C19H21ClN2O5/c1-11-6-7-12(20)8-15(11)21-16(23)10-27-17(24)9-22-18(25)13-4-2-3-5-14(13)19(22)26/h6-8,13-14H,2-5,9-10H2,1H3,(H,21,23)/t13-,14-/m1/s1. The van der Waals surface area contributed by atoms with E-state index >= 15 is 0 Å². The van der Waals surface area contributed by atoms with E-state index in [2.05, 4.69) is 5.32 Å². The fourth-order valence-electron chi connectivity index (χ4n) is 3.62. The number of fused-ring (bicyclic) bond motifs is 1. The lowest BCUT2D eigenvalue weighted by atomic mass is 9.81. The first kappa shape index (κ1) is 19.4. The van der Waals surface area contributed by atoms with Gasteiger partial charge in [0.15, 0.2) is 6.61 Å². The van der Waals surface area contributed by atoms with Crippen LogP contribution in [0.5, 0.6) is 0 Å². The lowest BCUT2D eigenvalue weighted by Crippen LogP contribution is -2.37. The van der Waals surface area contributed by atoms with Gasteiger partial charge in [0.05, 0.1) is 11.8 Å². The summed E-state index contributed by atoms with van der Waals surface area (Å²) >= 11 is 5.90. The molecule has 2 atom stereocenters. The number of aryl methyl sites for hydroxylation is 1. The number of rotatable bonds is 5. The van der Waals surface area contributed by atoms with Crippen molar-refractivity contribution < 1.29 is 23.9 Å². The van der Waals surface area contributed by atoms with Crippen molar-refractivity contribution in [3.63, 3.8) is 0 Å². The number of nitrogens with zero attached hydrogens (tertiary/aromatic N) is 1. The Morgan fingerprint density at radius 1 is 1.19 bits per heavy atom. The third kappa shape index (κ3) is 4.30. The van der Waals surface area contributed by atoms with Gasteiger partial charge in [-0.1, -0.05) is 30.5 Å². The fourth-order valence-corrected chi connectivity index (χ4v) is 3.79. The number of imide groups is 1. The van der Waals surface area contributed by atoms with E-state index in [1.54, 1.807) is 18.2 Å². The molecule has 1 aliphatic carbocycles. The van der Waals surface area contributed by atoms with Crippen molar-refractivity contribution in [3.05, 3.63) is 28.8 Å². The van der Waals surface area contributed by atoms with E-state index in [0.29, 0.717) is 23.6 Å². The topological polar surface area (TPSA) is 92.8 Å². The number of hydrogen-bond acceptors (Lipinski definition) is 5. The van der Waals surface area contributed by atoms with Crippen molar-refractivity contribution in [1.82, 2.24) is 4.90 Å². The predicted octanol–water partition coefficient (Wildman–Crippen LogP) is 2.31. The van der Waals surface area contributed by atoms with Gasteiger partial charge >= 0.3 is 5.97 Å². The molecule has 0 unspecified atom stereocenters. The summed E-state index contributed by atoms with van der Waals surface area (Å²) in [6.07, 6.45) is 3.20.